The molecular weight excluding hydrogens is 304 g/mol. The molecule has 118 valence electrons. The van der Waals surface area contributed by atoms with E-state index in [0.29, 0.717) is 11.4 Å². The second-order valence-corrected chi connectivity index (χ2v) is 7.28. The molecule has 1 amide bonds. The molecule has 7 heteroatoms. The van der Waals surface area contributed by atoms with Gasteiger partial charge in [0.15, 0.2) is 5.76 Å². The van der Waals surface area contributed by atoms with Crippen LogP contribution in [0.1, 0.15) is 21.9 Å². The SMILES string of the molecule is Cc1ccc(C(=O)Nc2cc(S(=O)(=O)N(C)C)ccc2C)o1. The Kier molecular flexibility index (Phi) is 4.39. The zero-order valence-electron chi connectivity index (χ0n) is 12.9. The summed E-state index contributed by atoms with van der Waals surface area (Å²) in [6, 6.07) is 7.87. The Morgan fingerprint density at radius 1 is 1.14 bits per heavy atom. The summed E-state index contributed by atoms with van der Waals surface area (Å²) < 4.78 is 30.7. The largest absolute Gasteiger partial charge is 0.456 e. The van der Waals surface area contributed by atoms with Crippen molar-refractivity contribution < 1.29 is 17.6 Å². The standard InChI is InChI=1S/C15H18N2O4S/c1-10-5-7-12(22(19,20)17(3)4)9-13(10)16-15(18)14-8-6-11(2)21-14/h5-9H,1-4H3,(H,16,18). The number of hydrogen-bond acceptors (Lipinski definition) is 4. The summed E-state index contributed by atoms with van der Waals surface area (Å²) in [6.45, 7) is 3.53. The third kappa shape index (κ3) is 3.20. The number of benzene rings is 1. The van der Waals surface area contributed by atoms with E-state index in [1.165, 1.54) is 26.2 Å². The number of rotatable bonds is 4. The van der Waals surface area contributed by atoms with E-state index in [-0.39, 0.29) is 10.7 Å². The maximum Gasteiger partial charge on any atom is 0.291 e. The summed E-state index contributed by atoms with van der Waals surface area (Å²) in [7, 11) is -0.639. The topological polar surface area (TPSA) is 79.6 Å². The van der Waals surface area contributed by atoms with Crippen LogP contribution in [-0.4, -0.2) is 32.7 Å². The highest BCUT2D eigenvalue weighted by atomic mass is 32.2. The quantitative estimate of drug-likeness (QED) is 0.937. The molecule has 0 saturated carbocycles. The van der Waals surface area contributed by atoms with Gasteiger partial charge in [-0.15, -0.1) is 0 Å². The Morgan fingerprint density at radius 3 is 2.36 bits per heavy atom. The van der Waals surface area contributed by atoms with Crippen LogP contribution in [0.2, 0.25) is 0 Å². The number of nitrogens with zero attached hydrogens (tertiary/aromatic N) is 1. The van der Waals surface area contributed by atoms with Gasteiger partial charge in [-0.05, 0) is 43.7 Å². The molecule has 0 spiro atoms. The van der Waals surface area contributed by atoms with E-state index in [1.807, 2.05) is 0 Å². The Morgan fingerprint density at radius 2 is 1.82 bits per heavy atom. The summed E-state index contributed by atoms with van der Waals surface area (Å²) in [5.74, 6) is 0.388. The molecule has 1 N–H and O–H groups in total. The number of hydrogen-bond donors (Lipinski definition) is 1. The lowest BCUT2D eigenvalue weighted by molar-refractivity contribution is 0.0995. The predicted molar refractivity (Wildman–Crippen MR) is 83.5 cm³/mol. The normalized spacial score (nSPS) is 11.7. The average Bonchev–Trinajstić information content (AvgIpc) is 2.87. The van der Waals surface area contributed by atoms with Gasteiger partial charge in [-0.2, -0.15) is 0 Å². The molecule has 0 aliphatic rings. The molecule has 1 aromatic heterocycles. The first-order valence-corrected chi connectivity index (χ1v) is 8.07. The van der Waals surface area contributed by atoms with Crippen LogP contribution in [0, 0.1) is 13.8 Å². The molecule has 0 bridgehead atoms. The van der Waals surface area contributed by atoms with E-state index >= 15 is 0 Å². The van der Waals surface area contributed by atoms with Gasteiger partial charge in [0, 0.05) is 19.8 Å². The zero-order valence-corrected chi connectivity index (χ0v) is 13.7. The van der Waals surface area contributed by atoms with Crippen molar-refractivity contribution in [3.63, 3.8) is 0 Å². The number of carbonyl (C=O) groups excluding carboxylic acids is 1. The molecule has 0 atom stereocenters. The van der Waals surface area contributed by atoms with Crippen LogP contribution in [0.25, 0.3) is 0 Å². The van der Waals surface area contributed by atoms with Crippen molar-refractivity contribution in [3.05, 3.63) is 47.4 Å². The number of carbonyl (C=O) groups is 1. The molecule has 0 radical (unpaired) electrons. The molecule has 0 aliphatic heterocycles. The summed E-state index contributed by atoms with van der Waals surface area (Å²) >= 11 is 0. The third-order valence-corrected chi connectivity index (χ3v) is 5.01. The number of aryl methyl sites for hydroxylation is 2. The summed E-state index contributed by atoms with van der Waals surface area (Å²) in [5, 5.41) is 2.68. The first kappa shape index (κ1) is 16.3. The lowest BCUT2D eigenvalue weighted by atomic mass is 10.2. The molecule has 0 unspecified atom stereocenters. The monoisotopic (exact) mass is 322 g/mol. The van der Waals surface area contributed by atoms with Crippen molar-refractivity contribution in [2.45, 2.75) is 18.7 Å². The summed E-state index contributed by atoms with van der Waals surface area (Å²) in [6.07, 6.45) is 0. The van der Waals surface area contributed by atoms with Crippen molar-refractivity contribution in [2.75, 3.05) is 19.4 Å². The van der Waals surface area contributed by atoms with Crippen LogP contribution in [0.15, 0.2) is 39.6 Å². The van der Waals surface area contributed by atoms with Crippen LogP contribution in [0.4, 0.5) is 5.69 Å². The Hall–Kier alpha value is -2.12. The van der Waals surface area contributed by atoms with Crippen LogP contribution < -0.4 is 5.32 Å². The minimum Gasteiger partial charge on any atom is -0.456 e. The fraction of sp³-hybridized carbons (Fsp3) is 0.267. The van der Waals surface area contributed by atoms with Gasteiger partial charge >= 0.3 is 0 Å². The van der Waals surface area contributed by atoms with Gasteiger partial charge in [-0.1, -0.05) is 6.07 Å². The van der Waals surface area contributed by atoms with Gasteiger partial charge in [0.1, 0.15) is 5.76 Å². The minimum absolute atomic E-state index is 0.119. The number of amides is 1. The van der Waals surface area contributed by atoms with Crippen molar-refractivity contribution in [1.29, 1.82) is 0 Å². The minimum atomic E-state index is -3.55. The Labute approximate surface area is 129 Å². The van der Waals surface area contributed by atoms with Crippen LogP contribution in [-0.2, 0) is 10.0 Å². The van der Waals surface area contributed by atoms with Crippen molar-refractivity contribution in [1.82, 2.24) is 4.31 Å². The van der Waals surface area contributed by atoms with E-state index in [0.717, 1.165) is 9.87 Å². The summed E-state index contributed by atoms with van der Waals surface area (Å²) in [4.78, 5) is 12.2. The van der Waals surface area contributed by atoms with Crippen molar-refractivity contribution in [3.8, 4) is 0 Å². The van der Waals surface area contributed by atoms with Gasteiger partial charge in [-0.25, -0.2) is 12.7 Å². The molecule has 0 saturated heterocycles. The molecule has 2 rings (SSSR count). The van der Waals surface area contributed by atoms with E-state index in [2.05, 4.69) is 5.32 Å². The van der Waals surface area contributed by atoms with Crippen LogP contribution in [0.3, 0.4) is 0 Å². The van der Waals surface area contributed by atoms with E-state index in [9.17, 15) is 13.2 Å². The van der Waals surface area contributed by atoms with Gasteiger partial charge in [0.2, 0.25) is 10.0 Å². The number of anilines is 1. The smallest absolute Gasteiger partial charge is 0.291 e. The molecule has 2 aromatic rings. The van der Waals surface area contributed by atoms with Gasteiger partial charge in [-0.3, -0.25) is 4.79 Å². The maximum absolute atomic E-state index is 12.1. The molecular formula is C15H18N2O4S. The molecule has 6 nitrogen and oxygen atoms in total. The molecule has 22 heavy (non-hydrogen) atoms. The number of nitrogens with one attached hydrogen (secondary N) is 1. The fourth-order valence-corrected chi connectivity index (χ4v) is 2.78. The maximum atomic E-state index is 12.1. The van der Waals surface area contributed by atoms with Gasteiger partial charge < -0.3 is 9.73 Å². The molecule has 1 aromatic carbocycles. The lowest BCUT2D eigenvalue weighted by Gasteiger charge is -2.14. The second kappa shape index (κ2) is 5.94. The fourth-order valence-electron chi connectivity index (χ4n) is 1.85. The molecule has 0 fully saturated rings. The average molecular weight is 322 g/mol. The van der Waals surface area contributed by atoms with Gasteiger partial charge in [0.25, 0.3) is 5.91 Å². The first-order chi connectivity index (χ1) is 10.2. The molecule has 1 heterocycles. The Bertz CT molecular complexity index is 807. The van der Waals surface area contributed by atoms with Gasteiger partial charge in [0.05, 0.1) is 4.90 Å². The zero-order chi connectivity index (χ0) is 16.5. The highest BCUT2D eigenvalue weighted by Gasteiger charge is 2.19. The van der Waals surface area contributed by atoms with Crippen molar-refractivity contribution >= 4 is 21.6 Å². The Balaban J connectivity index is 2.34. The number of furan rings is 1. The van der Waals surface area contributed by atoms with Crippen LogP contribution in [0.5, 0.6) is 0 Å². The first-order valence-electron chi connectivity index (χ1n) is 6.63. The number of sulfonamides is 1. The van der Waals surface area contributed by atoms with E-state index in [1.54, 1.807) is 32.0 Å². The lowest BCUT2D eigenvalue weighted by Crippen LogP contribution is -2.22. The molecule has 0 aliphatic carbocycles. The van der Waals surface area contributed by atoms with E-state index < -0.39 is 15.9 Å². The predicted octanol–water partition coefficient (Wildman–Crippen LogP) is 2.40. The van der Waals surface area contributed by atoms with E-state index in [4.69, 9.17) is 4.42 Å². The van der Waals surface area contributed by atoms with Crippen LogP contribution >= 0.6 is 0 Å². The third-order valence-electron chi connectivity index (χ3n) is 3.20. The highest BCUT2D eigenvalue weighted by molar-refractivity contribution is 7.89. The summed E-state index contributed by atoms with van der Waals surface area (Å²) in [5.41, 5.74) is 1.19. The second-order valence-electron chi connectivity index (χ2n) is 5.13. The highest BCUT2D eigenvalue weighted by Crippen LogP contribution is 2.22. The van der Waals surface area contributed by atoms with Crippen molar-refractivity contribution in [2.24, 2.45) is 0 Å².